The lowest BCUT2D eigenvalue weighted by atomic mass is 10.1. The van der Waals surface area contributed by atoms with Gasteiger partial charge in [0.25, 0.3) is 0 Å². The van der Waals surface area contributed by atoms with Crippen LogP contribution in [-0.4, -0.2) is 26.3 Å². The highest BCUT2D eigenvalue weighted by Gasteiger charge is 2.16. The summed E-state index contributed by atoms with van der Waals surface area (Å²) >= 11 is 13.3. The zero-order valence-corrected chi connectivity index (χ0v) is 16.8. The molecule has 0 bridgehead atoms. The van der Waals surface area contributed by atoms with Gasteiger partial charge in [-0.25, -0.2) is 9.78 Å². The fraction of sp³-hybridized carbons (Fsp3) is 0.111. The van der Waals surface area contributed by atoms with E-state index in [1.165, 1.54) is 11.3 Å². The minimum atomic E-state index is -0.623. The van der Waals surface area contributed by atoms with E-state index in [4.69, 9.17) is 27.9 Å². The summed E-state index contributed by atoms with van der Waals surface area (Å²) in [7, 11) is 0. The number of carbonyl (C=O) groups excluding carboxylic acids is 1. The van der Waals surface area contributed by atoms with Crippen molar-refractivity contribution in [2.24, 2.45) is 0 Å². The van der Waals surface area contributed by atoms with E-state index in [1.54, 1.807) is 31.5 Å². The number of nitrogens with one attached hydrogen (secondary N) is 2. The van der Waals surface area contributed by atoms with Crippen LogP contribution in [0, 0.1) is 0 Å². The van der Waals surface area contributed by atoms with Crippen LogP contribution in [0.15, 0.2) is 42.7 Å². The number of fused-ring (bicyclic) bond motifs is 1. The van der Waals surface area contributed by atoms with Gasteiger partial charge in [0.05, 0.1) is 22.4 Å². The van der Waals surface area contributed by atoms with Crippen LogP contribution >= 0.6 is 34.5 Å². The molecular formula is C18H13Cl2N5O2S. The molecule has 0 aliphatic heterocycles. The molecule has 0 radical (unpaired) electrons. The molecule has 1 unspecified atom stereocenters. The zero-order chi connectivity index (χ0) is 19.7. The van der Waals surface area contributed by atoms with E-state index in [9.17, 15) is 4.79 Å². The molecule has 2 aromatic carbocycles. The van der Waals surface area contributed by atoms with Crippen molar-refractivity contribution in [2.75, 3.05) is 5.32 Å². The number of hydrogen-bond donors (Lipinski definition) is 2. The number of aromatic nitrogens is 4. The summed E-state index contributed by atoms with van der Waals surface area (Å²) in [5.41, 5.74) is 3.26. The smallest absolute Gasteiger partial charge is 0.414 e. The zero-order valence-electron chi connectivity index (χ0n) is 14.4. The molecular weight excluding hydrogens is 421 g/mol. The topological polar surface area (TPSA) is 92.8 Å². The van der Waals surface area contributed by atoms with E-state index in [0.29, 0.717) is 25.7 Å². The van der Waals surface area contributed by atoms with Gasteiger partial charge in [-0.2, -0.15) is 0 Å². The second kappa shape index (κ2) is 7.75. The number of anilines is 1. The number of aromatic amines is 1. The van der Waals surface area contributed by atoms with E-state index in [-0.39, 0.29) is 0 Å². The minimum absolute atomic E-state index is 0.308. The van der Waals surface area contributed by atoms with Gasteiger partial charge in [0.2, 0.25) is 5.13 Å². The first kappa shape index (κ1) is 18.7. The van der Waals surface area contributed by atoms with Crippen LogP contribution in [0.25, 0.3) is 21.6 Å². The highest BCUT2D eigenvalue weighted by Crippen LogP contribution is 2.33. The molecule has 1 amide bonds. The Kier molecular flexibility index (Phi) is 5.17. The number of ether oxygens (including phenoxy) is 1. The highest BCUT2D eigenvalue weighted by molar-refractivity contribution is 7.18. The van der Waals surface area contributed by atoms with Gasteiger partial charge >= 0.3 is 6.09 Å². The van der Waals surface area contributed by atoms with Crippen molar-refractivity contribution in [3.63, 3.8) is 0 Å². The van der Waals surface area contributed by atoms with Crippen LogP contribution in [0.3, 0.4) is 0 Å². The fourth-order valence-electron chi connectivity index (χ4n) is 2.60. The molecule has 0 spiro atoms. The Morgan fingerprint density at radius 2 is 2.07 bits per heavy atom. The molecule has 2 aromatic heterocycles. The van der Waals surface area contributed by atoms with E-state index in [2.05, 4.69) is 25.5 Å². The molecule has 2 N–H and O–H groups in total. The standard InChI is InChI=1S/C18H13Cl2N5O2S/c1-9(10-2-5-14-15(6-10)22-8-21-14)27-18(26)23-17-25-24-16(28-17)12-4-3-11(19)7-13(12)20/h2-9H,1H3,(H,21,22)(H,23,25,26). The average Bonchev–Trinajstić information content (AvgIpc) is 3.30. The third-order valence-electron chi connectivity index (χ3n) is 3.99. The summed E-state index contributed by atoms with van der Waals surface area (Å²) in [6, 6.07) is 10.7. The third-order valence-corrected chi connectivity index (χ3v) is 5.41. The predicted octanol–water partition coefficient (Wildman–Crippen LogP) is 5.70. The van der Waals surface area contributed by atoms with Gasteiger partial charge in [-0.15, -0.1) is 10.2 Å². The number of halogens is 2. The lowest BCUT2D eigenvalue weighted by molar-refractivity contribution is 0.121. The molecule has 2 heterocycles. The molecule has 0 saturated heterocycles. The Morgan fingerprint density at radius 1 is 1.21 bits per heavy atom. The SMILES string of the molecule is CC(OC(=O)Nc1nnc(-c2ccc(Cl)cc2Cl)s1)c1ccc2nc[nH]c2c1. The Morgan fingerprint density at radius 3 is 2.89 bits per heavy atom. The van der Waals surface area contributed by atoms with Gasteiger partial charge < -0.3 is 9.72 Å². The second-order valence-corrected chi connectivity index (χ2v) is 7.71. The van der Waals surface area contributed by atoms with Crippen LogP contribution in [0.4, 0.5) is 9.93 Å². The fourth-order valence-corrected chi connectivity index (χ4v) is 3.92. The Bertz CT molecular complexity index is 1160. The van der Waals surface area contributed by atoms with Crippen LogP contribution in [-0.2, 0) is 4.74 Å². The first-order valence-corrected chi connectivity index (χ1v) is 9.76. The summed E-state index contributed by atoms with van der Waals surface area (Å²) in [6.07, 6.45) is 0.542. The van der Waals surface area contributed by atoms with Crippen molar-refractivity contribution in [1.82, 2.24) is 20.2 Å². The second-order valence-electron chi connectivity index (χ2n) is 5.89. The predicted molar refractivity (Wildman–Crippen MR) is 110 cm³/mol. The minimum Gasteiger partial charge on any atom is -0.441 e. The van der Waals surface area contributed by atoms with Gasteiger partial charge in [-0.1, -0.05) is 40.6 Å². The van der Waals surface area contributed by atoms with Crippen LogP contribution in [0.5, 0.6) is 0 Å². The normalized spacial score (nSPS) is 12.1. The number of nitrogens with zero attached hydrogens (tertiary/aromatic N) is 3. The Hall–Kier alpha value is -2.68. The average molecular weight is 434 g/mol. The molecule has 7 nitrogen and oxygen atoms in total. The molecule has 4 aromatic rings. The number of hydrogen-bond acceptors (Lipinski definition) is 6. The molecule has 0 saturated carbocycles. The molecule has 0 fully saturated rings. The van der Waals surface area contributed by atoms with Crippen molar-refractivity contribution in [3.05, 3.63) is 58.3 Å². The largest absolute Gasteiger partial charge is 0.441 e. The van der Waals surface area contributed by atoms with E-state index in [1.807, 2.05) is 18.2 Å². The first-order valence-electron chi connectivity index (χ1n) is 8.19. The van der Waals surface area contributed by atoms with Crippen molar-refractivity contribution in [2.45, 2.75) is 13.0 Å². The Balaban J connectivity index is 1.43. The van der Waals surface area contributed by atoms with Gasteiger partial charge in [-0.3, -0.25) is 5.32 Å². The molecule has 28 heavy (non-hydrogen) atoms. The monoisotopic (exact) mass is 433 g/mol. The molecule has 142 valence electrons. The van der Waals surface area contributed by atoms with Crippen molar-refractivity contribution in [3.8, 4) is 10.6 Å². The van der Waals surface area contributed by atoms with Crippen molar-refractivity contribution < 1.29 is 9.53 Å². The van der Waals surface area contributed by atoms with Crippen LogP contribution in [0.2, 0.25) is 10.0 Å². The lowest BCUT2D eigenvalue weighted by Gasteiger charge is -2.13. The maximum atomic E-state index is 12.2. The van der Waals surface area contributed by atoms with Gasteiger partial charge in [0.15, 0.2) is 5.01 Å². The number of rotatable bonds is 4. The number of carbonyl (C=O) groups is 1. The molecule has 4 rings (SSSR count). The van der Waals surface area contributed by atoms with Gasteiger partial charge in [-0.05, 0) is 42.8 Å². The van der Waals surface area contributed by atoms with Crippen LogP contribution < -0.4 is 5.32 Å². The van der Waals surface area contributed by atoms with Crippen LogP contribution in [0.1, 0.15) is 18.6 Å². The molecule has 10 heteroatoms. The third kappa shape index (κ3) is 3.94. The maximum Gasteiger partial charge on any atom is 0.414 e. The molecule has 0 aliphatic rings. The summed E-state index contributed by atoms with van der Waals surface area (Å²) < 4.78 is 5.43. The highest BCUT2D eigenvalue weighted by atomic mass is 35.5. The summed E-state index contributed by atoms with van der Waals surface area (Å²) in [4.78, 5) is 19.4. The number of benzene rings is 2. The lowest BCUT2D eigenvalue weighted by Crippen LogP contribution is -2.15. The first-order chi connectivity index (χ1) is 13.5. The summed E-state index contributed by atoms with van der Waals surface area (Å²) in [6.45, 7) is 1.79. The quantitative estimate of drug-likeness (QED) is 0.430. The van der Waals surface area contributed by atoms with E-state index >= 15 is 0 Å². The number of imidazole rings is 1. The number of amides is 1. The summed E-state index contributed by atoms with van der Waals surface area (Å²) in [5, 5.41) is 12.5. The van der Waals surface area contributed by atoms with E-state index in [0.717, 1.165) is 16.6 Å². The molecule has 1 atom stereocenters. The van der Waals surface area contributed by atoms with Crippen molar-refractivity contribution >= 4 is 56.8 Å². The van der Waals surface area contributed by atoms with Gasteiger partial charge in [0.1, 0.15) is 6.10 Å². The van der Waals surface area contributed by atoms with Gasteiger partial charge in [0, 0.05) is 10.6 Å². The van der Waals surface area contributed by atoms with E-state index < -0.39 is 12.2 Å². The number of H-pyrrole nitrogens is 1. The summed E-state index contributed by atoms with van der Waals surface area (Å²) in [5.74, 6) is 0. The maximum absolute atomic E-state index is 12.2. The molecule has 0 aliphatic carbocycles. The van der Waals surface area contributed by atoms with Crippen molar-refractivity contribution in [1.29, 1.82) is 0 Å². The Labute approximate surface area is 173 Å².